The van der Waals surface area contributed by atoms with Gasteiger partial charge >= 0.3 is 23.9 Å². The predicted octanol–water partition coefficient (Wildman–Crippen LogP) is 18.9. The number of nitro groups is 1. The first kappa shape index (κ1) is 76.6. The molecule has 0 atom stereocenters. The smallest absolute Gasteiger partial charge is 0.335 e. The van der Waals surface area contributed by atoms with Crippen molar-refractivity contribution in [2.45, 2.75) is 52.6 Å². The van der Waals surface area contributed by atoms with Gasteiger partial charge in [0.25, 0.3) is 5.69 Å². The minimum absolute atomic E-state index is 0.0505. The number of carbonyl (C=O) groups is 4. The van der Waals surface area contributed by atoms with Crippen molar-refractivity contribution in [2.24, 2.45) is 0 Å². The van der Waals surface area contributed by atoms with Gasteiger partial charge in [0.1, 0.15) is 55.2 Å². The van der Waals surface area contributed by atoms with Crippen LogP contribution in [0.2, 0.25) is 5.02 Å². The average molecular weight is 1440 g/mol. The molecule has 0 unspecified atom stereocenters. The molecule has 0 aliphatic rings. The molecule has 0 bridgehead atoms. The van der Waals surface area contributed by atoms with Gasteiger partial charge in [0.2, 0.25) is 0 Å². The summed E-state index contributed by atoms with van der Waals surface area (Å²) >= 11 is 5.87. The number of nitrogens with one attached hydrogen (secondary N) is 4. The summed E-state index contributed by atoms with van der Waals surface area (Å²) in [6, 6.07) is 89.5. The second kappa shape index (κ2) is 40.2. The van der Waals surface area contributed by atoms with E-state index < -0.39 is 28.8 Å². The van der Waals surface area contributed by atoms with Crippen LogP contribution in [0.3, 0.4) is 0 Å². The first-order chi connectivity index (χ1) is 51.4. The summed E-state index contributed by atoms with van der Waals surface area (Å²) in [6.45, 7) is 4.19. The van der Waals surface area contributed by atoms with Crippen LogP contribution in [-0.4, -0.2) is 56.3 Å². The Morgan fingerprint density at radius 2 is 0.566 bits per heavy atom. The topological polar surface area (TPSA) is 287 Å². The Hall–Kier alpha value is -13.6. The summed E-state index contributed by atoms with van der Waals surface area (Å²) in [6.07, 6.45) is 0. The van der Waals surface area contributed by atoms with Crippen LogP contribution in [0.4, 0.5) is 28.4 Å². The van der Waals surface area contributed by atoms with E-state index in [9.17, 15) is 29.3 Å². The predicted molar refractivity (Wildman–Crippen MR) is 410 cm³/mol. The molecule has 0 aliphatic carbocycles. The Balaban J connectivity index is 0.000000164. The number of carboxylic acids is 4. The van der Waals surface area contributed by atoms with Gasteiger partial charge in [-0.15, -0.1) is 0 Å². The van der Waals surface area contributed by atoms with E-state index in [2.05, 4.69) is 21.3 Å². The third kappa shape index (κ3) is 26.1. The fraction of sp³-hybridized carbons (Fsp3) is 0.106. The summed E-state index contributed by atoms with van der Waals surface area (Å²) in [5, 5.41) is 60.3. The third-order valence-corrected chi connectivity index (χ3v) is 16.1. The Morgan fingerprint density at radius 1 is 0.321 bits per heavy atom. The summed E-state index contributed by atoms with van der Waals surface area (Å²) in [5.41, 5.74) is 12.5. The number of ether oxygens (including phenoxy) is 5. The third-order valence-electron chi connectivity index (χ3n) is 15.8. The van der Waals surface area contributed by atoms with Crippen molar-refractivity contribution in [3.8, 4) is 28.7 Å². The van der Waals surface area contributed by atoms with Crippen LogP contribution in [0.1, 0.15) is 85.9 Å². The zero-order valence-corrected chi connectivity index (χ0v) is 58.3. The summed E-state index contributed by atoms with van der Waals surface area (Å²) in [7, 11) is 1.64. The second-order valence-electron chi connectivity index (χ2n) is 23.6. The van der Waals surface area contributed by atoms with Crippen LogP contribution >= 0.6 is 11.6 Å². The number of hydrogen-bond donors (Lipinski definition) is 8. The van der Waals surface area contributed by atoms with Gasteiger partial charge in [-0.2, -0.15) is 0 Å². The number of non-ortho nitro benzene ring substituents is 1. The van der Waals surface area contributed by atoms with E-state index >= 15 is 0 Å². The molecule has 0 amide bonds. The van der Waals surface area contributed by atoms with Crippen molar-refractivity contribution in [1.29, 1.82) is 0 Å². The summed E-state index contributed by atoms with van der Waals surface area (Å²) in [5.74, 6) is 0.161. The Kier molecular flexibility index (Phi) is 29.0. The number of aromatic carboxylic acids is 4. The lowest BCUT2D eigenvalue weighted by molar-refractivity contribution is -0.384. The van der Waals surface area contributed by atoms with Gasteiger partial charge in [0, 0.05) is 66.1 Å². The molecule has 0 aliphatic heterocycles. The van der Waals surface area contributed by atoms with Gasteiger partial charge in [0.05, 0.1) is 34.3 Å². The number of nitrogens with zero attached hydrogens (tertiary/aromatic N) is 1. The Morgan fingerprint density at radius 3 is 0.830 bits per heavy atom. The Labute approximate surface area is 617 Å². The molecule has 0 heterocycles. The van der Waals surface area contributed by atoms with Crippen LogP contribution in [-0.2, 0) is 52.6 Å². The molecular weight excluding hydrogens is 1370 g/mol. The molecule has 0 fully saturated rings. The molecule has 20 nitrogen and oxygen atoms in total. The first-order valence-corrected chi connectivity index (χ1v) is 33.6. The van der Waals surface area contributed by atoms with Crippen LogP contribution in [0, 0.1) is 10.1 Å². The van der Waals surface area contributed by atoms with Gasteiger partial charge in [0.15, 0.2) is 0 Å². The fourth-order valence-corrected chi connectivity index (χ4v) is 10.1. The van der Waals surface area contributed by atoms with Crippen molar-refractivity contribution >= 4 is 63.9 Å². The van der Waals surface area contributed by atoms with Gasteiger partial charge < -0.3 is 65.4 Å². The highest BCUT2D eigenvalue weighted by atomic mass is 35.5. The number of halogens is 1. The van der Waals surface area contributed by atoms with Crippen molar-refractivity contribution in [1.82, 2.24) is 0 Å². The summed E-state index contributed by atoms with van der Waals surface area (Å²) < 4.78 is 28.2. The van der Waals surface area contributed by atoms with E-state index in [0.717, 1.165) is 90.3 Å². The van der Waals surface area contributed by atoms with Crippen molar-refractivity contribution < 1.29 is 68.2 Å². The highest BCUT2D eigenvalue weighted by Gasteiger charge is 2.10. The molecule has 0 saturated heterocycles. The number of benzene rings is 12. The summed E-state index contributed by atoms with van der Waals surface area (Å²) in [4.78, 5) is 54.2. The van der Waals surface area contributed by atoms with Gasteiger partial charge in [-0.3, -0.25) is 10.1 Å². The van der Waals surface area contributed by atoms with E-state index in [1.54, 1.807) is 92.0 Å². The largest absolute Gasteiger partial charge is 0.497 e. The standard InChI is InChI=1S/C22H21NO4.C21H18ClNO3.C21H18N2O5.C21H19NO3/c1-26-20-9-7-17(8-10-20)15-27-21-11-5-16(6-12-21)14-23-19-4-2-3-18(13-19)22(24)25;22-18-8-4-16(5-9-18)14-26-20-10-6-15(7-11-20)13-23-19-3-1-2-17(12-19)21(24)25;24-21(25)17-2-1-3-18(12-17)22-13-15-6-10-20(11-7-15)28-14-16-4-8-19(9-5-16)23(26)27;23-21(24)18-7-4-8-19(13-18)22-14-16-9-11-20(12-10-16)25-15-17-5-2-1-3-6-17/h2-13,23H,14-15H2,1H3,(H,24,25);1-12,23H,13-14H2,(H,24,25);1-12,22H,13-14H2,(H,24,25);1-13,22H,14-15H2,(H,23,24). The SMILES string of the molecule is COc1ccc(COc2ccc(CNc3cccc(C(=O)O)c3)cc2)cc1.O=C(O)c1cccc(NCc2ccc(OCc3ccc(Cl)cc3)cc2)c1.O=C(O)c1cccc(NCc2ccc(OCc3ccc([N+](=O)[O-])cc3)cc2)c1.O=C(O)c1cccc(NCc2ccc(OCc3ccccc3)cc2)c1. The lowest BCUT2D eigenvalue weighted by Gasteiger charge is -2.10. The van der Waals surface area contributed by atoms with Crippen molar-refractivity contribution in [3.63, 3.8) is 0 Å². The van der Waals surface area contributed by atoms with E-state index in [-0.39, 0.29) is 27.9 Å². The van der Waals surface area contributed by atoms with Crippen LogP contribution in [0.25, 0.3) is 0 Å². The van der Waals surface area contributed by atoms with Gasteiger partial charge in [-0.25, -0.2) is 19.2 Å². The molecule has 0 spiro atoms. The molecule has 538 valence electrons. The molecule has 0 radical (unpaired) electrons. The maximum atomic E-state index is 11.0. The fourth-order valence-electron chi connectivity index (χ4n) is 9.94. The van der Waals surface area contributed by atoms with E-state index in [1.165, 1.54) is 12.1 Å². The molecule has 21 heteroatoms. The molecule has 8 N–H and O–H groups in total. The second-order valence-corrected chi connectivity index (χ2v) is 24.0. The number of carboxylic acid groups (broad SMARTS) is 4. The number of hydrogen-bond acceptors (Lipinski definition) is 15. The number of nitro benzene ring substituents is 1. The maximum absolute atomic E-state index is 11.0. The van der Waals surface area contributed by atoms with Crippen LogP contribution < -0.4 is 45.0 Å². The normalized spacial score (nSPS) is 10.3. The van der Waals surface area contributed by atoms with Gasteiger partial charge in [-0.05, 0) is 202 Å². The average Bonchev–Trinajstić information content (AvgIpc) is 0.908. The van der Waals surface area contributed by atoms with E-state index in [4.69, 9.17) is 55.7 Å². The highest BCUT2D eigenvalue weighted by molar-refractivity contribution is 6.30. The Bertz CT molecular complexity index is 4790. The molecule has 12 aromatic carbocycles. The van der Waals surface area contributed by atoms with E-state index in [1.807, 2.05) is 200 Å². The quantitative estimate of drug-likeness (QED) is 0.0153. The monoisotopic (exact) mass is 1440 g/mol. The molecule has 106 heavy (non-hydrogen) atoms. The zero-order chi connectivity index (χ0) is 74.8. The zero-order valence-electron chi connectivity index (χ0n) is 57.6. The molecule has 0 saturated carbocycles. The van der Waals surface area contributed by atoms with Gasteiger partial charge in [-0.1, -0.05) is 139 Å². The number of rotatable bonds is 30. The molecule has 0 aromatic heterocycles. The van der Waals surface area contributed by atoms with Crippen molar-refractivity contribution in [2.75, 3.05) is 28.4 Å². The highest BCUT2D eigenvalue weighted by Crippen LogP contribution is 2.24. The van der Waals surface area contributed by atoms with E-state index in [0.29, 0.717) is 63.4 Å². The maximum Gasteiger partial charge on any atom is 0.335 e. The first-order valence-electron chi connectivity index (χ1n) is 33.3. The molecule has 12 rings (SSSR count). The minimum Gasteiger partial charge on any atom is -0.497 e. The molecular formula is C85H76ClN5O15. The van der Waals surface area contributed by atoms with Crippen molar-refractivity contribution in [3.05, 3.63) is 379 Å². The van der Waals surface area contributed by atoms with Crippen LogP contribution in [0.5, 0.6) is 28.7 Å². The lowest BCUT2D eigenvalue weighted by atomic mass is 10.2. The number of methoxy groups -OCH3 is 1. The lowest BCUT2D eigenvalue weighted by Crippen LogP contribution is -2.02. The minimum atomic E-state index is -0.960. The number of anilines is 4. The van der Waals surface area contributed by atoms with Crippen LogP contribution in [0.15, 0.2) is 297 Å². The molecule has 12 aromatic rings.